The molecule has 0 bridgehead atoms. The second-order valence-corrected chi connectivity index (χ2v) is 8.63. The van der Waals surface area contributed by atoms with Gasteiger partial charge in [-0.3, -0.25) is 0 Å². The van der Waals surface area contributed by atoms with Crippen molar-refractivity contribution < 1.29 is 16.8 Å². The Kier molecular flexibility index (Phi) is 3.99. The molecule has 6 nitrogen and oxygen atoms in total. The summed E-state index contributed by atoms with van der Waals surface area (Å²) in [5.74, 6) is 0. The van der Waals surface area contributed by atoms with E-state index in [0.717, 1.165) is 6.26 Å². The highest BCUT2D eigenvalue weighted by atomic mass is 32.2. The minimum atomic E-state index is -3.26. The lowest BCUT2D eigenvalue weighted by molar-refractivity contribution is 0.272. The SMILES string of the molecule is CC(C)S(=O)(=O)N1CCN(S(C)(=O)=O)CC1. The maximum Gasteiger partial charge on any atom is 0.216 e. The van der Waals surface area contributed by atoms with Crippen LogP contribution in [0.15, 0.2) is 0 Å². The zero-order valence-corrected chi connectivity index (χ0v) is 11.4. The lowest BCUT2D eigenvalue weighted by atomic mass is 10.4. The zero-order chi connectivity index (χ0) is 12.6. The first kappa shape index (κ1) is 13.9. The fraction of sp³-hybridized carbons (Fsp3) is 1.00. The number of nitrogens with zero attached hydrogens (tertiary/aromatic N) is 2. The van der Waals surface area contributed by atoms with Crippen molar-refractivity contribution in [2.45, 2.75) is 19.1 Å². The Bertz CT molecular complexity index is 433. The van der Waals surface area contributed by atoms with Gasteiger partial charge in [0.15, 0.2) is 0 Å². The summed E-state index contributed by atoms with van der Waals surface area (Å²) in [7, 11) is -6.46. The van der Waals surface area contributed by atoms with Crippen LogP contribution < -0.4 is 0 Å². The molecule has 96 valence electrons. The van der Waals surface area contributed by atoms with E-state index in [1.54, 1.807) is 13.8 Å². The molecule has 1 aliphatic rings. The number of hydrogen-bond donors (Lipinski definition) is 0. The summed E-state index contributed by atoms with van der Waals surface area (Å²) in [6.45, 7) is 4.22. The van der Waals surface area contributed by atoms with Crippen molar-refractivity contribution in [2.75, 3.05) is 32.4 Å². The third-order valence-electron chi connectivity index (χ3n) is 2.62. The van der Waals surface area contributed by atoms with Gasteiger partial charge in [-0.15, -0.1) is 0 Å². The summed E-state index contributed by atoms with van der Waals surface area (Å²) < 4.78 is 48.7. The van der Waals surface area contributed by atoms with Gasteiger partial charge in [-0.1, -0.05) is 0 Å². The predicted octanol–water partition coefficient (Wildman–Crippen LogP) is -0.698. The maximum atomic E-state index is 11.8. The maximum absolute atomic E-state index is 11.8. The van der Waals surface area contributed by atoms with Crippen LogP contribution in [0.3, 0.4) is 0 Å². The topological polar surface area (TPSA) is 74.8 Å². The van der Waals surface area contributed by atoms with Crippen LogP contribution in [0.5, 0.6) is 0 Å². The van der Waals surface area contributed by atoms with E-state index < -0.39 is 25.3 Å². The lowest BCUT2D eigenvalue weighted by Crippen LogP contribution is -2.51. The fourth-order valence-electron chi connectivity index (χ4n) is 1.55. The Morgan fingerprint density at radius 3 is 1.56 bits per heavy atom. The molecule has 0 atom stereocenters. The van der Waals surface area contributed by atoms with Crippen LogP contribution in [-0.4, -0.2) is 63.1 Å². The molecule has 0 spiro atoms. The summed E-state index contributed by atoms with van der Waals surface area (Å²) in [5, 5.41) is -0.461. The molecule has 0 aromatic heterocycles. The summed E-state index contributed by atoms with van der Waals surface area (Å²) in [4.78, 5) is 0. The Hall–Kier alpha value is -0.180. The largest absolute Gasteiger partial charge is 0.216 e. The van der Waals surface area contributed by atoms with Gasteiger partial charge in [-0.2, -0.15) is 8.61 Å². The van der Waals surface area contributed by atoms with Crippen LogP contribution >= 0.6 is 0 Å². The van der Waals surface area contributed by atoms with Crippen molar-refractivity contribution in [3.8, 4) is 0 Å². The highest BCUT2D eigenvalue weighted by Crippen LogP contribution is 2.13. The standard InChI is InChI=1S/C8H18N2O4S2/c1-8(2)16(13,14)10-6-4-9(5-7-10)15(3,11)12/h8H,4-7H2,1-3H3. The van der Waals surface area contributed by atoms with Gasteiger partial charge >= 0.3 is 0 Å². The van der Waals surface area contributed by atoms with Crippen LogP contribution in [0.1, 0.15) is 13.8 Å². The van der Waals surface area contributed by atoms with Gasteiger partial charge in [-0.25, -0.2) is 16.8 Å². The molecule has 0 N–H and O–H groups in total. The molecule has 16 heavy (non-hydrogen) atoms. The molecule has 1 heterocycles. The summed E-state index contributed by atoms with van der Waals surface area (Å²) in [6.07, 6.45) is 1.14. The molecule has 1 fully saturated rings. The van der Waals surface area contributed by atoms with E-state index in [1.165, 1.54) is 8.61 Å². The van der Waals surface area contributed by atoms with Gasteiger partial charge in [0.2, 0.25) is 20.0 Å². The monoisotopic (exact) mass is 270 g/mol. The molecule has 8 heteroatoms. The molecule has 1 saturated heterocycles. The van der Waals surface area contributed by atoms with Crippen LogP contribution in [0.2, 0.25) is 0 Å². The van der Waals surface area contributed by atoms with Gasteiger partial charge in [-0.05, 0) is 13.8 Å². The molecular weight excluding hydrogens is 252 g/mol. The number of sulfonamides is 2. The first-order chi connectivity index (χ1) is 7.15. The van der Waals surface area contributed by atoms with Gasteiger partial charge in [0.05, 0.1) is 11.5 Å². The van der Waals surface area contributed by atoms with E-state index in [-0.39, 0.29) is 26.2 Å². The van der Waals surface area contributed by atoms with Crippen LogP contribution in [0.4, 0.5) is 0 Å². The smallest absolute Gasteiger partial charge is 0.213 e. The first-order valence-corrected chi connectivity index (χ1v) is 8.45. The van der Waals surface area contributed by atoms with Gasteiger partial charge < -0.3 is 0 Å². The second-order valence-electron chi connectivity index (χ2n) is 4.15. The normalized spacial score (nSPS) is 21.5. The fourth-order valence-corrected chi connectivity index (χ4v) is 3.65. The van der Waals surface area contributed by atoms with E-state index in [0.29, 0.717) is 0 Å². The molecule has 0 unspecified atom stereocenters. The minimum absolute atomic E-state index is 0.241. The average Bonchev–Trinajstić information content (AvgIpc) is 2.16. The first-order valence-electron chi connectivity index (χ1n) is 5.10. The third-order valence-corrected chi connectivity index (χ3v) is 6.20. The average molecular weight is 270 g/mol. The molecule has 1 aliphatic heterocycles. The molecule has 0 aromatic rings. The van der Waals surface area contributed by atoms with Crippen molar-refractivity contribution in [1.82, 2.24) is 8.61 Å². The summed E-state index contributed by atoms with van der Waals surface area (Å²) >= 11 is 0. The molecule has 1 rings (SSSR count). The van der Waals surface area contributed by atoms with Crippen molar-refractivity contribution in [2.24, 2.45) is 0 Å². The van der Waals surface area contributed by atoms with Crippen molar-refractivity contribution in [1.29, 1.82) is 0 Å². The molecular formula is C8H18N2O4S2. The van der Waals surface area contributed by atoms with Crippen LogP contribution in [-0.2, 0) is 20.0 Å². The molecule has 0 amide bonds. The van der Waals surface area contributed by atoms with Crippen molar-refractivity contribution in [3.63, 3.8) is 0 Å². The lowest BCUT2D eigenvalue weighted by Gasteiger charge is -2.33. The number of rotatable bonds is 3. The molecule has 0 aromatic carbocycles. The Balaban J connectivity index is 2.70. The minimum Gasteiger partial charge on any atom is -0.213 e. The van der Waals surface area contributed by atoms with E-state index in [2.05, 4.69) is 0 Å². The quantitative estimate of drug-likeness (QED) is 0.680. The third kappa shape index (κ3) is 2.93. The number of piperazine rings is 1. The van der Waals surface area contributed by atoms with Crippen molar-refractivity contribution >= 4 is 20.0 Å². The van der Waals surface area contributed by atoms with Gasteiger partial charge in [0.1, 0.15) is 0 Å². The number of hydrogen-bond acceptors (Lipinski definition) is 4. The summed E-state index contributed by atoms with van der Waals surface area (Å²) in [6, 6.07) is 0. The highest BCUT2D eigenvalue weighted by Gasteiger charge is 2.31. The second kappa shape index (κ2) is 4.59. The van der Waals surface area contributed by atoms with E-state index in [9.17, 15) is 16.8 Å². The van der Waals surface area contributed by atoms with Crippen LogP contribution in [0, 0.1) is 0 Å². The van der Waals surface area contributed by atoms with E-state index >= 15 is 0 Å². The summed E-state index contributed by atoms with van der Waals surface area (Å²) in [5.41, 5.74) is 0. The Morgan fingerprint density at radius 1 is 0.875 bits per heavy atom. The van der Waals surface area contributed by atoms with E-state index in [1.807, 2.05) is 0 Å². The molecule has 0 aliphatic carbocycles. The predicted molar refractivity (Wildman–Crippen MR) is 62.0 cm³/mol. The zero-order valence-electron chi connectivity index (χ0n) is 9.75. The van der Waals surface area contributed by atoms with Crippen molar-refractivity contribution in [3.05, 3.63) is 0 Å². The highest BCUT2D eigenvalue weighted by molar-refractivity contribution is 7.89. The van der Waals surface area contributed by atoms with Gasteiger partial charge in [0.25, 0.3) is 0 Å². The Morgan fingerprint density at radius 2 is 1.25 bits per heavy atom. The van der Waals surface area contributed by atoms with Gasteiger partial charge in [0, 0.05) is 26.2 Å². The Labute approximate surface area is 97.3 Å². The van der Waals surface area contributed by atoms with Crippen LogP contribution in [0.25, 0.3) is 0 Å². The molecule has 0 saturated carbocycles. The van der Waals surface area contributed by atoms with E-state index in [4.69, 9.17) is 0 Å². The molecule has 0 radical (unpaired) electrons.